The summed E-state index contributed by atoms with van der Waals surface area (Å²) in [4.78, 5) is 15.0. The summed E-state index contributed by atoms with van der Waals surface area (Å²) in [6.45, 7) is 3.95. The Balaban J connectivity index is 1.55. The second-order valence-electron chi connectivity index (χ2n) is 7.49. The zero-order chi connectivity index (χ0) is 19.5. The van der Waals surface area contributed by atoms with Gasteiger partial charge >= 0.3 is 0 Å². The van der Waals surface area contributed by atoms with Crippen LogP contribution in [0.4, 0.5) is 0 Å². The number of fused-ring (bicyclic) bond motifs is 1. The molecule has 1 saturated carbocycles. The number of hydrogen-bond donors (Lipinski definition) is 1. The Morgan fingerprint density at radius 2 is 2.32 bits per heavy atom. The van der Waals surface area contributed by atoms with E-state index >= 15 is 0 Å². The van der Waals surface area contributed by atoms with Gasteiger partial charge in [0.1, 0.15) is 6.10 Å². The molecule has 7 nitrogen and oxygen atoms in total. The van der Waals surface area contributed by atoms with E-state index in [-0.39, 0.29) is 5.91 Å². The van der Waals surface area contributed by atoms with Gasteiger partial charge in [0, 0.05) is 51.3 Å². The smallest absolute Gasteiger partial charge is 0.253 e. The molecule has 2 fully saturated rings. The van der Waals surface area contributed by atoms with Crippen molar-refractivity contribution in [2.75, 3.05) is 33.4 Å². The lowest BCUT2D eigenvalue weighted by Crippen LogP contribution is -2.49. The summed E-state index contributed by atoms with van der Waals surface area (Å²) in [7, 11) is 1.70. The van der Waals surface area contributed by atoms with Gasteiger partial charge in [-0.1, -0.05) is 11.6 Å². The molecule has 2 aliphatic rings. The highest BCUT2D eigenvalue weighted by molar-refractivity contribution is 6.35. The molecule has 1 amide bonds. The fraction of sp³-hybridized carbons (Fsp3) is 0.600. The van der Waals surface area contributed by atoms with Crippen LogP contribution >= 0.6 is 11.6 Å². The van der Waals surface area contributed by atoms with Gasteiger partial charge in [-0.05, 0) is 37.0 Å². The van der Waals surface area contributed by atoms with Crippen molar-refractivity contribution in [2.24, 2.45) is 0 Å². The molecule has 1 saturated heterocycles. The highest BCUT2D eigenvalue weighted by Crippen LogP contribution is 2.32. The highest BCUT2D eigenvalue weighted by atomic mass is 35.5. The third-order valence-corrected chi connectivity index (χ3v) is 5.63. The predicted molar refractivity (Wildman–Crippen MR) is 107 cm³/mol. The topological polar surface area (TPSA) is 68.6 Å². The maximum atomic E-state index is 13.0. The van der Waals surface area contributed by atoms with Crippen LogP contribution in [0.2, 0.25) is 5.02 Å². The van der Waals surface area contributed by atoms with E-state index < -0.39 is 6.10 Å². The molecule has 152 valence electrons. The maximum Gasteiger partial charge on any atom is 0.253 e. The number of benzene rings is 1. The maximum absolute atomic E-state index is 13.0. The number of nitrogens with zero attached hydrogens (tertiary/aromatic N) is 3. The van der Waals surface area contributed by atoms with Crippen molar-refractivity contribution in [1.29, 1.82) is 0 Å². The van der Waals surface area contributed by atoms with Crippen LogP contribution in [0.25, 0.3) is 10.9 Å². The van der Waals surface area contributed by atoms with E-state index in [0.29, 0.717) is 37.4 Å². The number of morpholine rings is 1. The van der Waals surface area contributed by atoms with Crippen LogP contribution in [0.5, 0.6) is 0 Å². The van der Waals surface area contributed by atoms with Crippen LogP contribution in [0.1, 0.15) is 24.8 Å². The van der Waals surface area contributed by atoms with Crippen molar-refractivity contribution in [3.8, 4) is 0 Å². The number of nitrogens with one attached hydrogen (secondary N) is 1. The second kappa shape index (κ2) is 8.78. The standard InChI is InChI=1S/C20H27ClN4O3/c1-27-7-2-6-25-18-10-14(9-17(21)16(18)11-23-25)13-24(15-3-4-15)20(26)19-12-22-5-8-28-19/h9-11,15,19,22H,2-8,12-13H2,1H3/t19-/m1/s1. The van der Waals surface area contributed by atoms with Gasteiger partial charge < -0.3 is 19.7 Å². The Morgan fingerprint density at radius 3 is 3.04 bits per heavy atom. The van der Waals surface area contributed by atoms with Crippen LogP contribution in [0, 0.1) is 0 Å². The third-order valence-electron chi connectivity index (χ3n) is 5.32. The number of amides is 1. The van der Waals surface area contributed by atoms with Crippen molar-refractivity contribution in [1.82, 2.24) is 20.0 Å². The molecule has 1 aromatic heterocycles. The van der Waals surface area contributed by atoms with E-state index in [0.717, 1.165) is 48.8 Å². The molecule has 1 atom stereocenters. The lowest BCUT2D eigenvalue weighted by molar-refractivity contribution is -0.146. The molecular formula is C20H27ClN4O3. The summed E-state index contributed by atoms with van der Waals surface area (Å²) in [6, 6.07) is 4.36. The summed E-state index contributed by atoms with van der Waals surface area (Å²) in [5, 5.41) is 9.32. The Kier molecular flexibility index (Phi) is 6.16. The minimum atomic E-state index is -0.395. The van der Waals surface area contributed by atoms with Gasteiger partial charge in [-0.15, -0.1) is 0 Å². The molecule has 1 aliphatic carbocycles. The molecule has 1 aromatic carbocycles. The molecule has 0 radical (unpaired) electrons. The predicted octanol–water partition coefficient (Wildman–Crippen LogP) is 2.21. The van der Waals surface area contributed by atoms with Crippen LogP contribution in [-0.4, -0.2) is 66.1 Å². The van der Waals surface area contributed by atoms with E-state index in [1.54, 1.807) is 13.3 Å². The average Bonchev–Trinajstić information content (AvgIpc) is 3.47. The molecule has 2 aromatic rings. The summed E-state index contributed by atoms with van der Waals surface area (Å²) in [5.74, 6) is 0.0690. The first-order valence-corrected chi connectivity index (χ1v) is 10.3. The molecule has 4 rings (SSSR count). The quantitative estimate of drug-likeness (QED) is 0.681. The minimum absolute atomic E-state index is 0.0690. The highest BCUT2D eigenvalue weighted by Gasteiger charge is 2.37. The first-order valence-electron chi connectivity index (χ1n) is 9.93. The van der Waals surface area contributed by atoms with Gasteiger partial charge in [-0.3, -0.25) is 9.48 Å². The Bertz CT molecular complexity index is 830. The van der Waals surface area contributed by atoms with E-state index in [1.807, 2.05) is 15.6 Å². The molecule has 2 heterocycles. The molecule has 28 heavy (non-hydrogen) atoms. The summed E-state index contributed by atoms with van der Waals surface area (Å²) in [6.07, 6.45) is 4.40. The number of carbonyl (C=O) groups is 1. The van der Waals surface area contributed by atoms with Crippen molar-refractivity contribution < 1.29 is 14.3 Å². The van der Waals surface area contributed by atoms with Crippen molar-refractivity contribution in [2.45, 2.75) is 44.5 Å². The van der Waals surface area contributed by atoms with Gasteiger partial charge in [0.15, 0.2) is 0 Å². The Labute approximate surface area is 169 Å². The van der Waals surface area contributed by atoms with Crippen molar-refractivity contribution in [3.05, 3.63) is 28.9 Å². The molecule has 0 unspecified atom stereocenters. The fourth-order valence-electron chi connectivity index (χ4n) is 3.70. The molecule has 0 bridgehead atoms. The zero-order valence-electron chi connectivity index (χ0n) is 16.2. The third kappa shape index (κ3) is 4.33. The van der Waals surface area contributed by atoms with Gasteiger partial charge in [0.05, 0.1) is 23.3 Å². The monoisotopic (exact) mass is 406 g/mol. The van der Waals surface area contributed by atoms with E-state index in [9.17, 15) is 4.79 Å². The van der Waals surface area contributed by atoms with Gasteiger partial charge in [-0.25, -0.2) is 0 Å². The van der Waals surface area contributed by atoms with Gasteiger partial charge in [0.2, 0.25) is 0 Å². The Morgan fingerprint density at radius 1 is 1.46 bits per heavy atom. The van der Waals surface area contributed by atoms with Gasteiger partial charge in [0.25, 0.3) is 5.91 Å². The molecule has 0 spiro atoms. The van der Waals surface area contributed by atoms with Crippen LogP contribution in [0.3, 0.4) is 0 Å². The number of methoxy groups -OCH3 is 1. The molecule has 8 heteroatoms. The summed E-state index contributed by atoms with van der Waals surface area (Å²) in [5.41, 5.74) is 2.02. The number of aryl methyl sites for hydroxylation is 1. The normalized spacial score (nSPS) is 19.9. The van der Waals surface area contributed by atoms with Crippen LogP contribution in [0.15, 0.2) is 18.3 Å². The zero-order valence-corrected chi connectivity index (χ0v) is 17.0. The lowest BCUT2D eigenvalue weighted by atomic mass is 10.1. The minimum Gasteiger partial charge on any atom is -0.385 e. The number of rotatable bonds is 8. The molecular weight excluding hydrogens is 380 g/mol. The number of carbonyl (C=O) groups excluding carboxylic acids is 1. The number of aromatic nitrogens is 2. The largest absolute Gasteiger partial charge is 0.385 e. The molecule has 1 N–H and O–H groups in total. The number of ether oxygens (including phenoxy) is 2. The van der Waals surface area contributed by atoms with E-state index in [4.69, 9.17) is 21.1 Å². The fourth-order valence-corrected chi connectivity index (χ4v) is 3.98. The van der Waals surface area contributed by atoms with E-state index in [2.05, 4.69) is 16.5 Å². The Hall–Kier alpha value is -1.67. The summed E-state index contributed by atoms with van der Waals surface area (Å²) >= 11 is 6.53. The first kappa shape index (κ1) is 19.6. The molecule has 1 aliphatic heterocycles. The second-order valence-corrected chi connectivity index (χ2v) is 7.89. The van der Waals surface area contributed by atoms with Crippen LogP contribution < -0.4 is 5.32 Å². The number of halogens is 1. The summed E-state index contributed by atoms with van der Waals surface area (Å²) < 4.78 is 12.8. The first-order chi connectivity index (χ1) is 13.7. The van der Waals surface area contributed by atoms with E-state index in [1.165, 1.54) is 0 Å². The van der Waals surface area contributed by atoms with Gasteiger partial charge in [-0.2, -0.15) is 5.10 Å². The lowest BCUT2D eigenvalue weighted by Gasteiger charge is -2.30. The average molecular weight is 407 g/mol. The van der Waals surface area contributed by atoms with Crippen LogP contribution in [-0.2, 0) is 27.4 Å². The van der Waals surface area contributed by atoms with Crippen molar-refractivity contribution >= 4 is 28.4 Å². The number of hydrogen-bond acceptors (Lipinski definition) is 5. The van der Waals surface area contributed by atoms with Crippen molar-refractivity contribution in [3.63, 3.8) is 0 Å². The SMILES string of the molecule is COCCCn1ncc2c(Cl)cc(CN(C(=O)[C@H]3CNCCO3)C3CC3)cc21.